The molecule has 0 bridgehead atoms. The standard InChI is InChI=1S/C7H7N2P/c10-7-2-4-9-6(5-7)1-3-8-9/h1-5H,10H2. The van der Waals surface area contributed by atoms with Gasteiger partial charge in [0.2, 0.25) is 0 Å². The molecule has 50 valence electrons. The molecule has 2 nitrogen and oxygen atoms in total. The minimum Gasteiger partial charge on any atom is -0.241 e. The molecule has 2 aromatic heterocycles. The van der Waals surface area contributed by atoms with Gasteiger partial charge in [-0.1, -0.05) is 0 Å². The summed E-state index contributed by atoms with van der Waals surface area (Å²) in [5.74, 6) is 0. The maximum Gasteiger partial charge on any atom is 0.0667 e. The molecule has 0 N–H and O–H groups in total. The molecule has 0 saturated carbocycles. The van der Waals surface area contributed by atoms with E-state index in [1.165, 1.54) is 5.30 Å². The number of rotatable bonds is 0. The Bertz CT molecular complexity index is 353. The summed E-state index contributed by atoms with van der Waals surface area (Å²) in [6, 6.07) is 6.05. The van der Waals surface area contributed by atoms with Crippen molar-refractivity contribution in [2.24, 2.45) is 0 Å². The van der Waals surface area contributed by atoms with Crippen LogP contribution in [-0.4, -0.2) is 9.61 Å². The number of hydrogen-bond donors (Lipinski definition) is 0. The van der Waals surface area contributed by atoms with Crippen LogP contribution in [0.1, 0.15) is 0 Å². The molecule has 0 radical (unpaired) electrons. The van der Waals surface area contributed by atoms with Gasteiger partial charge >= 0.3 is 0 Å². The van der Waals surface area contributed by atoms with Crippen LogP contribution in [0.2, 0.25) is 0 Å². The SMILES string of the molecule is Pc1ccn2nccc2c1. The van der Waals surface area contributed by atoms with Crippen LogP contribution in [0.3, 0.4) is 0 Å². The molecule has 0 saturated heterocycles. The topological polar surface area (TPSA) is 17.3 Å². The van der Waals surface area contributed by atoms with E-state index in [-0.39, 0.29) is 0 Å². The van der Waals surface area contributed by atoms with Crippen molar-refractivity contribution in [3.05, 3.63) is 30.6 Å². The highest BCUT2D eigenvalue weighted by atomic mass is 31.0. The second-order valence-electron chi connectivity index (χ2n) is 2.16. The third-order valence-electron chi connectivity index (χ3n) is 1.42. The Morgan fingerprint density at radius 2 is 2.30 bits per heavy atom. The van der Waals surface area contributed by atoms with Gasteiger partial charge in [-0.15, -0.1) is 9.24 Å². The van der Waals surface area contributed by atoms with Gasteiger partial charge < -0.3 is 0 Å². The highest BCUT2D eigenvalue weighted by Gasteiger charge is 1.90. The van der Waals surface area contributed by atoms with Crippen molar-refractivity contribution in [1.82, 2.24) is 9.61 Å². The lowest BCUT2D eigenvalue weighted by Crippen LogP contribution is -1.93. The van der Waals surface area contributed by atoms with Gasteiger partial charge in [-0.25, -0.2) is 4.52 Å². The molecule has 2 rings (SSSR count). The summed E-state index contributed by atoms with van der Waals surface area (Å²) in [5, 5.41) is 5.26. The fourth-order valence-corrected chi connectivity index (χ4v) is 1.20. The van der Waals surface area contributed by atoms with Gasteiger partial charge in [-0.05, 0) is 23.5 Å². The minimum atomic E-state index is 1.13. The van der Waals surface area contributed by atoms with E-state index in [0.717, 1.165) is 5.52 Å². The fraction of sp³-hybridized carbons (Fsp3) is 0. The van der Waals surface area contributed by atoms with Crippen LogP contribution in [0.4, 0.5) is 0 Å². The van der Waals surface area contributed by atoms with Crippen LogP contribution in [0, 0.1) is 0 Å². The maximum atomic E-state index is 4.07. The second-order valence-corrected chi connectivity index (χ2v) is 2.83. The molecule has 0 aliphatic carbocycles. The molecular weight excluding hydrogens is 143 g/mol. The van der Waals surface area contributed by atoms with Gasteiger partial charge in [0.25, 0.3) is 0 Å². The third-order valence-corrected chi connectivity index (χ3v) is 1.78. The zero-order valence-corrected chi connectivity index (χ0v) is 6.51. The average Bonchev–Trinajstić information content (AvgIpc) is 2.33. The first-order valence-electron chi connectivity index (χ1n) is 3.05. The van der Waals surface area contributed by atoms with Crippen LogP contribution in [0.25, 0.3) is 5.52 Å². The summed E-state index contributed by atoms with van der Waals surface area (Å²) < 4.78 is 1.84. The molecule has 1 atom stereocenters. The zero-order valence-electron chi connectivity index (χ0n) is 5.36. The second kappa shape index (κ2) is 2.06. The highest BCUT2D eigenvalue weighted by molar-refractivity contribution is 7.27. The van der Waals surface area contributed by atoms with Gasteiger partial charge in [0.15, 0.2) is 0 Å². The van der Waals surface area contributed by atoms with Crippen molar-refractivity contribution >= 4 is 20.1 Å². The Morgan fingerprint density at radius 1 is 1.40 bits per heavy atom. The van der Waals surface area contributed by atoms with E-state index in [2.05, 4.69) is 20.4 Å². The van der Waals surface area contributed by atoms with Crippen molar-refractivity contribution in [3.8, 4) is 0 Å². The number of fused-ring (bicyclic) bond motifs is 1. The highest BCUT2D eigenvalue weighted by Crippen LogP contribution is 1.99. The van der Waals surface area contributed by atoms with E-state index in [4.69, 9.17) is 0 Å². The Balaban J connectivity index is 2.86. The zero-order chi connectivity index (χ0) is 6.97. The molecular formula is C7H7N2P. The fourth-order valence-electron chi connectivity index (χ4n) is 0.939. The summed E-state index contributed by atoms with van der Waals surface area (Å²) in [7, 11) is 2.65. The first-order chi connectivity index (χ1) is 4.86. The van der Waals surface area contributed by atoms with Crippen molar-refractivity contribution in [3.63, 3.8) is 0 Å². The molecule has 0 aliphatic rings. The van der Waals surface area contributed by atoms with Crippen molar-refractivity contribution < 1.29 is 0 Å². The molecule has 0 spiro atoms. The summed E-state index contributed by atoms with van der Waals surface area (Å²) in [4.78, 5) is 0. The first-order valence-corrected chi connectivity index (χ1v) is 3.63. The molecule has 10 heavy (non-hydrogen) atoms. The molecule has 3 heteroatoms. The number of aromatic nitrogens is 2. The summed E-state index contributed by atoms with van der Waals surface area (Å²) >= 11 is 0. The van der Waals surface area contributed by atoms with Gasteiger partial charge in [0.05, 0.1) is 5.52 Å². The summed E-state index contributed by atoms with van der Waals surface area (Å²) in [6.07, 6.45) is 3.73. The third kappa shape index (κ3) is 0.812. The molecule has 2 heterocycles. The van der Waals surface area contributed by atoms with Crippen LogP contribution < -0.4 is 5.30 Å². The lowest BCUT2D eigenvalue weighted by atomic mass is 10.4. The molecule has 1 unspecified atom stereocenters. The molecule has 2 aromatic rings. The molecule has 0 fully saturated rings. The number of hydrogen-bond acceptors (Lipinski definition) is 1. The van der Waals surface area contributed by atoms with Crippen molar-refractivity contribution in [1.29, 1.82) is 0 Å². The lowest BCUT2D eigenvalue weighted by molar-refractivity contribution is 0.963. The number of nitrogens with zero attached hydrogens (tertiary/aromatic N) is 2. The average molecular weight is 150 g/mol. The van der Waals surface area contributed by atoms with Gasteiger partial charge in [0.1, 0.15) is 0 Å². The first kappa shape index (κ1) is 5.87. The lowest BCUT2D eigenvalue weighted by Gasteiger charge is -1.92. The van der Waals surface area contributed by atoms with Crippen LogP contribution in [0.15, 0.2) is 30.6 Å². The van der Waals surface area contributed by atoms with Crippen LogP contribution in [0.5, 0.6) is 0 Å². The van der Waals surface area contributed by atoms with Crippen molar-refractivity contribution in [2.75, 3.05) is 0 Å². The van der Waals surface area contributed by atoms with E-state index in [1.54, 1.807) is 6.20 Å². The molecule has 0 aromatic carbocycles. The Labute approximate surface area is 61.1 Å². The van der Waals surface area contributed by atoms with E-state index < -0.39 is 0 Å². The Kier molecular flexibility index (Phi) is 1.21. The van der Waals surface area contributed by atoms with Crippen molar-refractivity contribution in [2.45, 2.75) is 0 Å². The van der Waals surface area contributed by atoms with Gasteiger partial charge in [-0.2, -0.15) is 5.10 Å². The van der Waals surface area contributed by atoms with Crippen LogP contribution >= 0.6 is 9.24 Å². The Hall–Kier alpha value is -0.880. The quantitative estimate of drug-likeness (QED) is 0.508. The largest absolute Gasteiger partial charge is 0.241 e. The van der Waals surface area contributed by atoms with Gasteiger partial charge in [0, 0.05) is 12.4 Å². The van der Waals surface area contributed by atoms with E-state index in [1.807, 2.05) is 22.8 Å². The number of pyridine rings is 1. The van der Waals surface area contributed by atoms with Crippen LogP contribution in [-0.2, 0) is 0 Å². The predicted molar refractivity (Wildman–Crippen MR) is 44.5 cm³/mol. The Morgan fingerprint density at radius 3 is 3.20 bits per heavy atom. The van der Waals surface area contributed by atoms with Gasteiger partial charge in [-0.3, -0.25) is 0 Å². The normalized spacial score (nSPS) is 10.5. The monoisotopic (exact) mass is 150 g/mol. The minimum absolute atomic E-state index is 1.13. The van der Waals surface area contributed by atoms with E-state index in [0.29, 0.717) is 0 Å². The molecule has 0 amide bonds. The van der Waals surface area contributed by atoms with E-state index in [9.17, 15) is 0 Å². The summed E-state index contributed by atoms with van der Waals surface area (Å²) in [6.45, 7) is 0. The molecule has 0 aliphatic heterocycles. The predicted octanol–water partition coefficient (Wildman–Crippen LogP) is 0.835. The summed E-state index contributed by atoms with van der Waals surface area (Å²) in [5.41, 5.74) is 1.13. The smallest absolute Gasteiger partial charge is 0.0667 e. The maximum absolute atomic E-state index is 4.07. The van der Waals surface area contributed by atoms with E-state index >= 15 is 0 Å².